The molecule has 4 heteroatoms. The van der Waals surface area contributed by atoms with Crippen LogP contribution in [-0.2, 0) is 6.42 Å². The van der Waals surface area contributed by atoms with E-state index >= 15 is 0 Å². The van der Waals surface area contributed by atoms with Crippen LogP contribution in [-0.4, -0.2) is 33.4 Å². The average Bonchev–Trinajstić information content (AvgIpc) is 2.53. The van der Waals surface area contributed by atoms with Crippen LogP contribution in [0.5, 0.6) is 11.5 Å². The summed E-state index contributed by atoms with van der Waals surface area (Å²) in [5.74, 6) is 2.39. The first-order chi connectivity index (χ1) is 10.2. The first kappa shape index (κ1) is 16.1. The van der Waals surface area contributed by atoms with E-state index in [9.17, 15) is 0 Å². The zero-order chi connectivity index (χ0) is 15.1. The van der Waals surface area contributed by atoms with Crippen molar-refractivity contribution in [3.05, 3.63) is 23.8 Å². The van der Waals surface area contributed by atoms with E-state index < -0.39 is 0 Å². The SMILES string of the molecule is COc1ccc(CCNCC2CCC(N)CC2)cc1OC. The van der Waals surface area contributed by atoms with Gasteiger partial charge in [0, 0.05) is 6.04 Å². The van der Waals surface area contributed by atoms with Crippen LogP contribution in [0.3, 0.4) is 0 Å². The summed E-state index contributed by atoms with van der Waals surface area (Å²) in [7, 11) is 3.34. The molecular formula is C17H28N2O2. The lowest BCUT2D eigenvalue weighted by atomic mass is 9.86. The monoisotopic (exact) mass is 292 g/mol. The van der Waals surface area contributed by atoms with Gasteiger partial charge in [-0.25, -0.2) is 0 Å². The number of rotatable bonds is 7. The van der Waals surface area contributed by atoms with Crippen molar-refractivity contribution in [1.29, 1.82) is 0 Å². The van der Waals surface area contributed by atoms with Crippen molar-refractivity contribution >= 4 is 0 Å². The van der Waals surface area contributed by atoms with Gasteiger partial charge in [-0.1, -0.05) is 6.07 Å². The van der Waals surface area contributed by atoms with Crippen molar-refractivity contribution in [3.63, 3.8) is 0 Å². The molecule has 0 amide bonds. The highest BCUT2D eigenvalue weighted by Gasteiger charge is 2.17. The van der Waals surface area contributed by atoms with E-state index in [0.717, 1.165) is 36.9 Å². The maximum Gasteiger partial charge on any atom is 0.160 e. The topological polar surface area (TPSA) is 56.5 Å². The summed E-state index contributed by atoms with van der Waals surface area (Å²) in [6.07, 6.45) is 5.91. The van der Waals surface area contributed by atoms with Crippen LogP contribution in [0.2, 0.25) is 0 Å². The first-order valence-corrected chi connectivity index (χ1v) is 7.90. The molecule has 4 nitrogen and oxygen atoms in total. The van der Waals surface area contributed by atoms with Crippen LogP contribution in [0, 0.1) is 5.92 Å². The fourth-order valence-corrected chi connectivity index (χ4v) is 2.97. The standard InChI is InChI=1S/C17H28N2O2/c1-20-16-8-5-13(11-17(16)21-2)9-10-19-12-14-3-6-15(18)7-4-14/h5,8,11,14-15,19H,3-4,6-7,9-10,12,18H2,1-2H3. The van der Waals surface area contributed by atoms with Crippen LogP contribution >= 0.6 is 0 Å². The van der Waals surface area contributed by atoms with E-state index in [2.05, 4.69) is 17.4 Å². The second-order valence-electron chi connectivity index (χ2n) is 5.92. The number of hydrogen-bond donors (Lipinski definition) is 2. The summed E-state index contributed by atoms with van der Waals surface area (Å²) >= 11 is 0. The molecule has 1 aliphatic carbocycles. The van der Waals surface area contributed by atoms with Gasteiger partial charge in [0.05, 0.1) is 14.2 Å². The van der Waals surface area contributed by atoms with Crippen molar-refractivity contribution in [2.45, 2.75) is 38.1 Å². The molecule has 21 heavy (non-hydrogen) atoms. The molecule has 0 spiro atoms. The minimum absolute atomic E-state index is 0.438. The van der Waals surface area contributed by atoms with Crippen molar-refractivity contribution in [3.8, 4) is 11.5 Å². The van der Waals surface area contributed by atoms with Crippen molar-refractivity contribution in [1.82, 2.24) is 5.32 Å². The second kappa shape index (κ2) is 8.25. The summed E-state index contributed by atoms with van der Waals surface area (Å²) in [6, 6.07) is 6.56. The summed E-state index contributed by atoms with van der Waals surface area (Å²) in [6.45, 7) is 2.11. The highest BCUT2D eigenvalue weighted by atomic mass is 16.5. The molecule has 0 heterocycles. The maximum atomic E-state index is 5.94. The van der Waals surface area contributed by atoms with Gasteiger partial charge in [-0.05, 0) is 68.8 Å². The van der Waals surface area contributed by atoms with Crippen LogP contribution < -0.4 is 20.5 Å². The third kappa shape index (κ3) is 4.90. The fourth-order valence-electron chi connectivity index (χ4n) is 2.97. The zero-order valence-electron chi connectivity index (χ0n) is 13.2. The summed E-state index contributed by atoms with van der Waals surface area (Å²) in [5, 5.41) is 3.57. The first-order valence-electron chi connectivity index (χ1n) is 7.90. The number of benzene rings is 1. The van der Waals surface area contributed by atoms with Crippen LogP contribution in [0.1, 0.15) is 31.2 Å². The number of nitrogens with two attached hydrogens (primary N) is 1. The smallest absolute Gasteiger partial charge is 0.160 e. The van der Waals surface area contributed by atoms with Gasteiger partial charge >= 0.3 is 0 Å². The molecule has 1 fully saturated rings. The Hall–Kier alpha value is -1.26. The normalized spacial score (nSPS) is 22.0. The minimum atomic E-state index is 0.438. The average molecular weight is 292 g/mol. The van der Waals surface area contributed by atoms with Gasteiger partial charge in [0.15, 0.2) is 11.5 Å². The van der Waals surface area contributed by atoms with E-state index in [-0.39, 0.29) is 0 Å². The van der Waals surface area contributed by atoms with E-state index in [1.807, 2.05) is 6.07 Å². The molecule has 0 aliphatic heterocycles. The van der Waals surface area contributed by atoms with Gasteiger partial charge in [0.2, 0.25) is 0 Å². The van der Waals surface area contributed by atoms with E-state index in [1.165, 1.54) is 31.2 Å². The Morgan fingerprint density at radius 2 is 1.81 bits per heavy atom. The molecule has 2 rings (SSSR count). The van der Waals surface area contributed by atoms with Gasteiger partial charge < -0.3 is 20.5 Å². The quantitative estimate of drug-likeness (QED) is 0.758. The highest BCUT2D eigenvalue weighted by Crippen LogP contribution is 2.27. The second-order valence-corrected chi connectivity index (χ2v) is 5.92. The van der Waals surface area contributed by atoms with Crippen LogP contribution in [0.25, 0.3) is 0 Å². The Kier molecular flexibility index (Phi) is 6.33. The predicted octanol–water partition coefficient (Wildman–Crippen LogP) is 2.35. The molecule has 3 N–H and O–H groups in total. The fraction of sp³-hybridized carbons (Fsp3) is 0.647. The number of ether oxygens (including phenoxy) is 2. The Bertz CT molecular complexity index is 429. The summed E-state index contributed by atoms with van der Waals surface area (Å²) in [4.78, 5) is 0. The third-order valence-electron chi connectivity index (χ3n) is 4.36. The molecule has 0 atom stereocenters. The van der Waals surface area contributed by atoms with Gasteiger partial charge in [-0.15, -0.1) is 0 Å². The van der Waals surface area contributed by atoms with E-state index in [1.54, 1.807) is 14.2 Å². The van der Waals surface area contributed by atoms with Crippen LogP contribution in [0.4, 0.5) is 0 Å². The summed E-state index contributed by atoms with van der Waals surface area (Å²) < 4.78 is 10.6. The van der Waals surface area contributed by atoms with E-state index in [4.69, 9.17) is 15.2 Å². The predicted molar refractivity (Wildman–Crippen MR) is 86.1 cm³/mol. The largest absolute Gasteiger partial charge is 0.493 e. The lowest BCUT2D eigenvalue weighted by Crippen LogP contribution is -2.32. The van der Waals surface area contributed by atoms with Crippen molar-refractivity contribution in [2.24, 2.45) is 11.7 Å². The molecule has 1 aliphatic rings. The molecule has 1 aromatic rings. The van der Waals surface area contributed by atoms with Crippen LogP contribution in [0.15, 0.2) is 18.2 Å². The molecule has 118 valence electrons. The molecule has 0 saturated heterocycles. The Morgan fingerprint density at radius 3 is 2.48 bits per heavy atom. The number of methoxy groups -OCH3 is 2. The molecule has 1 aromatic carbocycles. The molecule has 1 saturated carbocycles. The molecular weight excluding hydrogens is 264 g/mol. The lowest BCUT2D eigenvalue weighted by Gasteiger charge is -2.26. The zero-order valence-corrected chi connectivity index (χ0v) is 13.2. The Balaban J connectivity index is 1.71. The minimum Gasteiger partial charge on any atom is -0.493 e. The maximum absolute atomic E-state index is 5.94. The lowest BCUT2D eigenvalue weighted by molar-refractivity contribution is 0.315. The molecule has 0 radical (unpaired) electrons. The Labute approximate surface area is 128 Å². The number of nitrogens with one attached hydrogen (secondary N) is 1. The Morgan fingerprint density at radius 1 is 1.10 bits per heavy atom. The molecule has 0 unspecified atom stereocenters. The van der Waals surface area contributed by atoms with Gasteiger partial charge in [0.1, 0.15) is 0 Å². The number of hydrogen-bond acceptors (Lipinski definition) is 4. The third-order valence-corrected chi connectivity index (χ3v) is 4.36. The van der Waals surface area contributed by atoms with Gasteiger partial charge in [-0.2, -0.15) is 0 Å². The molecule has 0 aromatic heterocycles. The van der Waals surface area contributed by atoms with Gasteiger partial charge in [-0.3, -0.25) is 0 Å². The van der Waals surface area contributed by atoms with E-state index in [0.29, 0.717) is 6.04 Å². The van der Waals surface area contributed by atoms with Crippen molar-refractivity contribution in [2.75, 3.05) is 27.3 Å². The van der Waals surface area contributed by atoms with Crippen molar-refractivity contribution < 1.29 is 9.47 Å². The van der Waals surface area contributed by atoms with Gasteiger partial charge in [0.25, 0.3) is 0 Å². The highest BCUT2D eigenvalue weighted by molar-refractivity contribution is 5.42. The summed E-state index contributed by atoms with van der Waals surface area (Å²) in [5.41, 5.74) is 7.21. The molecule has 0 bridgehead atoms.